The molecule has 0 radical (unpaired) electrons. The van der Waals surface area contributed by atoms with Crippen LogP contribution in [0.2, 0.25) is 0 Å². The standard InChI is InChI=1S/CH3NOS.2CH3.Zn/c2-1(3)4;;;/h(H3,2,3,4);2*1H3;/q;2*-1;+2. The maximum atomic E-state index is 9.09. The van der Waals surface area contributed by atoms with Crippen LogP contribution in [0.5, 0.6) is 0 Å². The van der Waals surface area contributed by atoms with Crippen LogP contribution in [0, 0.1) is 14.9 Å². The Balaban J connectivity index is -0.0000000150. The van der Waals surface area contributed by atoms with E-state index < -0.39 is 5.24 Å². The van der Waals surface area contributed by atoms with Gasteiger partial charge in [-0.1, -0.05) is 12.6 Å². The van der Waals surface area contributed by atoms with Crippen LogP contribution in [-0.2, 0) is 19.5 Å². The Morgan fingerprint density at radius 3 is 1.43 bits per heavy atom. The fourth-order valence-electron chi connectivity index (χ4n) is 0. The average molecular weight is 173 g/mol. The molecule has 7 heavy (non-hydrogen) atoms. The van der Waals surface area contributed by atoms with Crippen LogP contribution in [0.15, 0.2) is 0 Å². The van der Waals surface area contributed by atoms with E-state index in [0.717, 1.165) is 0 Å². The summed E-state index contributed by atoms with van der Waals surface area (Å²) in [4.78, 5) is 9.09. The minimum Gasteiger partial charge on any atom is -0.361 e. The van der Waals surface area contributed by atoms with E-state index in [2.05, 4.69) is 18.4 Å². The van der Waals surface area contributed by atoms with Gasteiger partial charge in [-0.2, -0.15) is 0 Å². The molecule has 0 aliphatic heterocycles. The van der Waals surface area contributed by atoms with Gasteiger partial charge in [0.1, 0.15) is 0 Å². The Morgan fingerprint density at radius 1 is 1.43 bits per heavy atom. The molecule has 2 N–H and O–H groups in total. The van der Waals surface area contributed by atoms with Gasteiger partial charge in [-0.05, 0) is 0 Å². The smallest absolute Gasteiger partial charge is 0.361 e. The van der Waals surface area contributed by atoms with Gasteiger partial charge >= 0.3 is 19.5 Å². The molecule has 0 fully saturated rings. The summed E-state index contributed by atoms with van der Waals surface area (Å²) in [6, 6.07) is 0. The molecular weight excluding hydrogens is 163 g/mol. The van der Waals surface area contributed by atoms with Crippen LogP contribution in [0.4, 0.5) is 4.79 Å². The number of nitrogens with two attached hydrogens (primary N) is 1. The Bertz CT molecular complexity index is 37.9. The Morgan fingerprint density at radius 2 is 1.43 bits per heavy atom. The average Bonchev–Trinajstić information content (AvgIpc) is 0.811. The SMILES string of the molecule is NC(=O)S.[CH3-].[CH3-].[Zn+2]. The van der Waals surface area contributed by atoms with Gasteiger partial charge in [0, 0.05) is 0 Å². The zero-order valence-electron chi connectivity index (χ0n) is 4.64. The van der Waals surface area contributed by atoms with Crippen molar-refractivity contribution in [3.8, 4) is 0 Å². The molecule has 0 aromatic carbocycles. The van der Waals surface area contributed by atoms with Crippen molar-refractivity contribution in [3.05, 3.63) is 14.9 Å². The van der Waals surface area contributed by atoms with E-state index in [4.69, 9.17) is 4.79 Å². The van der Waals surface area contributed by atoms with E-state index in [1.54, 1.807) is 0 Å². The minimum atomic E-state index is -0.639. The number of thiol groups is 1. The number of carbonyl (C=O) groups is 1. The van der Waals surface area contributed by atoms with Gasteiger partial charge < -0.3 is 20.6 Å². The van der Waals surface area contributed by atoms with Gasteiger partial charge in [0.15, 0.2) is 0 Å². The number of hydrogen-bond donors (Lipinski definition) is 2. The number of rotatable bonds is 0. The van der Waals surface area contributed by atoms with Gasteiger partial charge in [0.2, 0.25) is 0 Å². The van der Waals surface area contributed by atoms with Crippen molar-refractivity contribution in [3.63, 3.8) is 0 Å². The van der Waals surface area contributed by atoms with E-state index in [1.165, 1.54) is 0 Å². The second-order valence-corrected chi connectivity index (χ2v) is 0.779. The summed E-state index contributed by atoms with van der Waals surface area (Å²) in [5.41, 5.74) is 4.34. The molecule has 0 aliphatic rings. The zero-order chi connectivity index (χ0) is 3.58. The summed E-state index contributed by atoms with van der Waals surface area (Å²) in [7, 11) is 0. The molecule has 0 heterocycles. The van der Waals surface area contributed by atoms with E-state index >= 15 is 0 Å². The number of hydrogen-bond acceptors (Lipinski definition) is 1. The van der Waals surface area contributed by atoms with Gasteiger partial charge in [0.25, 0.3) is 5.24 Å². The normalized spacial score (nSPS) is 3.57. The summed E-state index contributed by atoms with van der Waals surface area (Å²) >= 11 is 3.10. The molecular formula is C3H9NOSZn. The van der Waals surface area contributed by atoms with Gasteiger partial charge in [-0.25, -0.2) is 0 Å². The number of amides is 1. The maximum Gasteiger partial charge on any atom is 2.00 e. The van der Waals surface area contributed by atoms with Crippen molar-refractivity contribution in [2.75, 3.05) is 0 Å². The molecule has 0 bridgehead atoms. The molecule has 0 aliphatic carbocycles. The van der Waals surface area contributed by atoms with Crippen molar-refractivity contribution in [1.82, 2.24) is 0 Å². The third-order valence-electron chi connectivity index (χ3n) is 0. The molecule has 4 heteroatoms. The second kappa shape index (κ2) is 16.1. The Labute approximate surface area is 63.0 Å². The molecule has 0 atom stereocenters. The monoisotopic (exact) mass is 171 g/mol. The Hall–Kier alpha value is 0.443. The summed E-state index contributed by atoms with van der Waals surface area (Å²) in [6.45, 7) is 0. The molecule has 0 aromatic rings. The minimum absolute atomic E-state index is 0. The summed E-state index contributed by atoms with van der Waals surface area (Å²) in [5.74, 6) is 0. The molecule has 0 aromatic heterocycles. The van der Waals surface area contributed by atoms with Gasteiger partial charge in [-0.3, -0.25) is 4.79 Å². The molecule has 40 valence electrons. The van der Waals surface area contributed by atoms with Crippen LogP contribution < -0.4 is 5.73 Å². The van der Waals surface area contributed by atoms with Gasteiger partial charge in [0.05, 0.1) is 0 Å². The summed E-state index contributed by atoms with van der Waals surface area (Å²) in [5, 5.41) is -0.639. The van der Waals surface area contributed by atoms with Crippen LogP contribution in [0.1, 0.15) is 0 Å². The van der Waals surface area contributed by atoms with E-state index in [0.29, 0.717) is 0 Å². The second-order valence-electron chi connectivity index (χ2n) is 0.338. The third kappa shape index (κ3) is 647. The first-order chi connectivity index (χ1) is 1.73. The van der Waals surface area contributed by atoms with E-state index in [-0.39, 0.29) is 34.3 Å². The molecule has 0 rings (SSSR count). The van der Waals surface area contributed by atoms with Crippen molar-refractivity contribution >= 4 is 17.9 Å². The molecule has 1 amide bonds. The van der Waals surface area contributed by atoms with E-state index in [1.807, 2.05) is 0 Å². The first-order valence-electron chi connectivity index (χ1n) is 0.716. The maximum absolute atomic E-state index is 9.09. The molecule has 0 saturated carbocycles. The summed E-state index contributed by atoms with van der Waals surface area (Å²) in [6.07, 6.45) is 0. The van der Waals surface area contributed by atoms with Crippen molar-refractivity contribution in [2.45, 2.75) is 0 Å². The van der Waals surface area contributed by atoms with Crippen molar-refractivity contribution in [2.24, 2.45) is 5.73 Å². The fourth-order valence-corrected chi connectivity index (χ4v) is 0. The predicted molar refractivity (Wildman–Crippen MR) is 31.4 cm³/mol. The first kappa shape index (κ1) is 26.1. The fraction of sp³-hybridized carbons (Fsp3) is 0. The third-order valence-corrected chi connectivity index (χ3v) is 0. The number of primary amides is 1. The molecule has 0 unspecified atom stereocenters. The van der Waals surface area contributed by atoms with Crippen LogP contribution in [-0.4, -0.2) is 5.24 Å². The summed E-state index contributed by atoms with van der Waals surface area (Å²) < 4.78 is 0. The van der Waals surface area contributed by atoms with Gasteiger partial charge in [-0.15, -0.1) is 0 Å². The topological polar surface area (TPSA) is 43.1 Å². The number of carbonyl (C=O) groups excluding carboxylic acids is 1. The van der Waals surface area contributed by atoms with Crippen LogP contribution in [0.3, 0.4) is 0 Å². The van der Waals surface area contributed by atoms with E-state index in [9.17, 15) is 0 Å². The predicted octanol–water partition coefficient (Wildman–Crippen LogP) is 0.893. The van der Waals surface area contributed by atoms with Crippen LogP contribution in [0.25, 0.3) is 0 Å². The van der Waals surface area contributed by atoms with Crippen molar-refractivity contribution in [1.29, 1.82) is 0 Å². The molecule has 2 nitrogen and oxygen atoms in total. The Kier molecular flexibility index (Phi) is 60.0. The molecule has 0 saturated heterocycles. The quantitative estimate of drug-likeness (QED) is 0.318. The van der Waals surface area contributed by atoms with Crippen molar-refractivity contribution < 1.29 is 24.3 Å². The first-order valence-corrected chi connectivity index (χ1v) is 1.16. The molecule has 0 spiro atoms. The zero-order valence-corrected chi connectivity index (χ0v) is 8.50. The largest absolute Gasteiger partial charge is 2.00 e. The van der Waals surface area contributed by atoms with Crippen LogP contribution >= 0.6 is 12.6 Å².